The van der Waals surface area contributed by atoms with E-state index in [1.807, 2.05) is 13.8 Å². The molecule has 0 aromatic carbocycles. The van der Waals surface area contributed by atoms with E-state index < -0.39 is 0 Å². The number of anilines is 1. The van der Waals surface area contributed by atoms with Gasteiger partial charge in [-0.25, -0.2) is 24.9 Å². The van der Waals surface area contributed by atoms with Crippen LogP contribution in [0, 0.1) is 6.92 Å². The van der Waals surface area contributed by atoms with E-state index in [-0.39, 0.29) is 36.2 Å². The molecule has 0 saturated carbocycles. The molecule has 3 aromatic rings. The van der Waals surface area contributed by atoms with Gasteiger partial charge in [-0.2, -0.15) is 0 Å². The fourth-order valence-electron chi connectivity index (χ4n) is 3.39. The highest BCUT2D eigenvalue weighted by molar-refractivity contribution is 7.13. The Morgan fingerprint density at radius 1 is 1.10 bits per heavy atom. The van der Waals surface area contributed by atoms with Crippen LogP contribution in [0.4, 0.5) is 5.82 Å². The van der Waals surface area contributed by atoms with Gasteiger partial charge in [0.1, 0.15) is 24.2 Å². The monoisotopic (exact) mass is 436 g/mol. The number of ketones is 2. The number of amides is 1. The molecule has 1 N–H and O–H groups in total. The molecule has 1 aliphatic heterocycles. The van der Waals surface area contributed by atoms with Gasteiger partial charge in [0.25, 0.3) is 0 Å². The van der Waals surface area contributed by atoms with Crippen LogP contribution in [0.25, 0.3) is 0 Å². The number of aryl methyl sites for hydroxylation is 1. The largest absolute Gasteiger partial charge is 0.310 e. The number of aromatic nitrogens is 5. The van der Waals surface area contributed by atoms with Gasteiger partial charge in [-0.1, -0.05) is 6.92 Å². The average Bonchev–Trinajstić information content (AvgIpc) is 3.23. The van der Waals surface area contributed by atoms with Crippen molar-refractivity contribution in [1.82, 2.24) is 24.9 Å². The summed E-state index contributed by atoms with van der Waals surface area (Å²) >= 11 is 1.29. The Labute approximate surface area is 182 Å². The van der Waals surface area contributed by atoms with Crippen LogP contribution >= 0.6 is 11.3 Å². The zero-order valence-corrected chi connectivity index (χ0v) is 17.9. The van der Waals surface area contributed by atoms with E-state index in [1.54, 1.807) is 12.3 Å². The Balaban J connectivity index is 1.44. The predicted octanol–water partition coefficient (Wildman–Crippen LogP) is 2.72. The van der Waals surface area contributed by atoms with Gasteiger partial charge in [0.2, 0.25) is 5.91 Å². The number of carbonyl (C=O) groups is 3. The molecule has 4 heterocycles. The van der Waals surface area contributed by atoms with Gasteiger partial charge in [-0.3, -0.25) is 14.4 Å². The van der Waals surface area contributed by atoms with Crippen molar-refractivity contribution in [3.05, 3.63) is 57.4 Å². The highest BCUT2D eigenvalue weighted by atomic mass is 32.1. The minimum Gasteiger partial charge on any atom is -0.310 e. The Morgan fingerprint density at radius 2 is 1.90 bits per heavy atom. The van der Waals surface area contributed by atoms with Crippen LogP contribution in [-0.4, -0.2) is 42.4 Å². The van der Waals surface area contributed by atoms with Crippen molar-refractivity contribution < 1.29 is 14.4 Å². The van der Waals surface area contributed by atoms with E-state index in [0.29, 0.717) is 45.5 Å². The molecule has 1 atom stereocenters. The summed E-state index contributed by atoms with van der Waals surface area (Å²) in [5.74, 6) is -0.0913. The maximum absolute atomic E-state index is 12.9. The third kappa shape index (κ3) is 4.69. The zero-order valence-electron chi connectivity index (χ0n) is 17.1. The van der Waals surface area contributed by atoms with Gasteiger partial charge in [0, 0.05) is 36.2 Å². The highest BCUT2D eigenvalue weighted by Gasteiger charge is 2.25. The summed E-state index contributed by atoms with van der Waals surface area (Å²) in [4.78, 5) is 58.3. The number of thiazole rings is 1. The lowest BCUT2D eigenvalue weighted by molar-refractivity contribution is -0.116. The van der Waals surface area contributed by atoms with Crippen LogP contribution in [0.5, 0.6) is 0 Å². The molecule has 3 aromatic heterocycles. The Morgan fingerprint density at radius 3 is 2.71 bits per heavy atom. The van der Waals surface area contributed by atoms with E-state index in [9.17, 15) is 14.4 Å². The van der Waals surface area contributed by atoms with Crippen LogP contribution in [0.2, 0.25) is 0 Å². The number of nitrogens with one attached hydrogen (secondary N) is 1. The lowest BCUT2D eigenvalue weighted by atomic mass is 9.97. The van der Waals surface area contributed by atoms with Crippen LogP contribution in [-0.2, 0) is 17.6 Å². The highest BCUT2D eigenvalue weighted by Crippen LogP contribution is 2.29. The van der Waals surface area contributed by atoms with Crippen molar-refractivity contribution in [3.8, 4) is 0 Å². The van der Waals surface area contributed by atoms with E-state index in [1.165, 1.54) is 24.0 Å². The maximum Gasteiger partial charge on any atom is 0.225 e. The van der Waals surface area contributed by atoms with Crippen molar-refractivity contribution >= 4 is 34.6 Å². The summed E-state index contributed by atoms with van der Waals surface area (Å²) in [6.45, 7) is 3.75. The molecule has 0 spiro atoms. The first-order valence-corrected chi connectivity index (χ1v) is 10.7. The molecule has 0 radical (unpaired) electrons. The minimum absolute atomic E-state index is 0.0685. The van der Waals surface area contributed by atoms with E-state index in [4.69, 9.17) is 0 Å². The van der Waals surface area contributed by atoms with Crippen LogP contribution in [0.15, 0.2) is 24.9 Å². The number of rotatable bonds is 7. The molecule has 1 aliphatic rings. The summed E-state index contributed by atoms with van der Waals surface area (Å²) in [5, 5.41) is 3.39. The topological polar surface area (TPSA) is 128 Å². The van der Waals surface area contributed by atoms with E-state index in [0.717, 1.165) is 5.69 Å². The second-order valence-electron chi connectivity index (χ2n) is 7.44. The van der Waals surface area contributed by atoms with Gasteiger partial charge >= 0.3 is 0 Å². The summed E-state index contributed by atoms with van der Waals surface area (Å²) in [6, 6.07) is 1.78. The summed E-state index contributed by atoms with van der Waals surface area (Å²) < 4.78 is 0. The van der Waals surface area contributed by atoms with Crippen LogP contribution in [0.1, 0.15) is 67.8 Å². The first-order chi connectivity index (χ1) is 14.9. The molecule has 4 rings (SSSR count). The smallest absolute Gasteiger partial charge is 0.225 e. The Kier molecular flexibility index (Phi) is 5.90. The first kappa shape index (κ1) is 20.9. The number of nitrogens with zero attached hydrogens (tertiary/aromatic N) is 5. The predicted molar refractivity (Wildman–Crippen MR) is 113 cm³/mol. The fraction of sp³-hybridized carbons (Fsp3) is 0.333. The lowest BCUT2D eigenvalue weighted by Crippen LogP contribution is -2.23. The maximum atomic E-state index is 12.9. The molecule has 1 amide bonds. The normalized spacial score (nSPS) is 13.9. The van der Waals surface area contributed by atoms with Crippen molar-refractivity contribution in [1.29, 1.82) is 0 Å². The molecule has 0 bridgehead atoms. The quantitative estimate of drug-likeness (QED) is 0.560. The Bertz CT molecular complexity index is 1180. The molecule has 0 fully saturated rings. The molecule has 158 valence electrons. The third-order valence-corrected chi connectivity index (χ3v) is 6.25. The first-order valence-electron chi connectivity index (χ1n) is 9.84. The van der Waals surface area contributed by atoms with Gasteiger partial charge in [-0.15, -0.1) is 11.3 Å². The summed E-state index contributed by atoms with van der Waals surface area (Å²) in [7, 11) is 0. The lowest BCUT2D eigenvalue weighted by Gasteiger charge is -2.17. The molecule has 9 nitrogen and oxygen atoms in total. The van der Waals surface area contributed by atoms with E-state index in [2.05, 4.69) is 30.2 Å². The Hall–Kier alpha value is -3.40. The SMILES string of the molecule is Cc1cc(CC(=O)c2cnc([C@@H](C)CC(=O)c3ncnc4c3CCC(=O)N4)s2)ncn1. The van der Waals surface area contributed by atoms with Gasteiger partial charge in [-0.05, 0) is 19.4 Å². The summed E-state index contributed by atoms with van der Waals surface area (Å²) in [6.07, 6.45) is 5.41. The standard InChI is InChI=1S/C21H20N6O3S/c1-11(5-16(29)19-14-3-4-18(30)27-20(14)26-10-25-19)21-22-8-17(31-21)15(28)7-13-6-12(2)23-9-24-13/h6,8-11H,3-5,7H2,1-2H3,(H,25,26,27,30)/t11-/m0/s1. The number of fused-ring (bicyclic) bond motifs is 1. The average molecular weight is 436 g/mol. The number of hydrogen-bond donors (Lipinski definition) is 1. The molecular formula is C21H20N6O3S. The van der Waals surface area contributed by atoms with Gasteiger partial charge in [0.05, 0.1) is 22.0 Å². The summed E-state index contributed by atoms with van der Waals surface area (Å²) in [5.41, 5.74) is 2.48. The molecule has 10 heteroatoms. The third-order valence-electron chi connectivity index (χ3n) is 4.98. The molecule has 0 saturated heterocycles. The van der Waals surface area contributed by atoms with Crippen LogP contribution in [0.3, 0.4) is 0 Å². The minimum atomic E-state index is -0.177. The van der Waals surface area contributed by atoms with Crippen molar-refractivity contribution in [2.45, 2.75) is 45.4 Å². The van der Waals surface area contributed by atoms with Crippen molar-refractivity contribution in [2.75, 3.05) is 5.32 Å². The fourth-order valence-corrected chi connectivity index (χ4v) is 4.30. The second kappa shape index (κ2) is 8.76. The van der Waals surface area contributed by atoms with Crippen molar-refractivity contribution in [3.63, 3.8) is 0 Å². The molecule has 0 aliphatic carbocycles. The van der Waals surface area contributed by atoms with Crippen molar-refractivity contribution in [2.24, 2.45) is 0 Å². The number of Topliss-reactive ketones (excluding diaryl/α,β-unsaturated/α-hetero) is 2. The van der Waals surface area contributed by atoms with Gasteiger partial charge < -0.3 is 5.32 Å². The number of hydrogen-bond acceptors (Lipinski definition) is 9. The van der Waals surface area contributed by atoms with Crippen LogP contribution < -0.4 is 5.32 Å². The van der Waals surface area contributed by atoms with Gasteiger partial charge in [0.15, 0.2) is 11.6 Å². The zero-order chi connectivity index (χ0) is 22.0. The molecule has 0 unspecified atom stereocenters. The molecular weight excluding hydrogens is 416 g/mol. The second-order valence-corrected chi connectivity index (χ2v) is 8.50. The molecule has 31 heavy (non-hydrogen) atoms. The van der Waals surface area contributed by atoms with E-state index >= 15 is 0 Å². The number of carbonyl (C=O) groups excluding carboxylic acids is 3.